The Morgan fingerprint density at radius 3 is 2.24 bits per heavy atom. The molecule has 0 aromatic heterocycles. The van der Waals surface area contributed by atoms with Gasteiger partial charge in [0.1, 0.15) is 54.2 Å². The number of ether oxygens (including phenoxy) is 4. The smallest absolute Gasteiger partial charge is 0.229 e. The van der Waals surface area contributed by atoms with Crippen LogP contribution in [0, 0.1) is 6.92 Å². The predicted octanol–water partition coefficient (Wildman–Crippen LogP) is -0.913. The maximum absolute atomic E-state index is 12.1. The zero-order valence-electron chi connectivity index (χ0n) is 20.5. The van der Waals surface area contributed by atoms with Crippen molar-refractivity contribution in [2.24, 2.45) is 0 Å². The second-order valence-corrected chi connectivity index (χ2v) is 9.47. The molecule has 0 spiro atoms. The Bertz CT molecular complexity index is 1140. The van der Waals surface area contributed by atoms with Crippen molar-refractivity contribution in [3.05, 3.63) is 35.4 Å². The number of aromatic hydroxyl groups is 1. The van der Waals surface area contributed by atoms with E-state index in [1.165, 1.54) is 19.9 Å². The third kappa shape index (κ3) is 5.17. The van der Waals surface area contributed by atoms with Gasteiger partial charge < -0.3 is 54.7 Å². The first kappa shape index (κ1) is 27.6. The molecule has 12 heteroatoms. The molecule has 0 saturated carbocycles. The minimum Gasteiger partial charge on any atom is -0.506 e. The average Bonchev–Trinajstić information content (AvgIpc) is 2.84. The van der Waals surface area contributed by atoms with Crippen molar-refractivity contribution in [3.63, 3.8) is 0 Å². The number of benzene rings is 2. The third-order valence-electron chi connectivity index (χ3n) is 6.80. The molecule has 0 bridgehead atoms. The highest BCUT2D eigenvalue weighted by atomic mass is 16.7. The zero-order valence-corrected chi connectivity index (χ0v) is 20.5. The first-order valence-corrected chi connectivity index (χ1v) is 11.9. The van der Waals surface area contributed by atoms with Crippen LogP contribution in [0.4, 0.5) is 0 Å². The largest absolute Gasteiger partial charge is 0.506 e. The van der Waals surface area contributed by atoms with Crippen LogP contribution in [0.3, 0.4) is 0 Å². The molecule has 0 amide bonds. The van der Waals surface area contributed by atoms with Crippen LogP contribution in [-0.2, 0) is 14.2 Å². The molecule has 2 aromatic rings. The molecule has 4 rings (SSSR count). The van der Waals surface area contributed by atoms with E-state index in [4.69, 9.17) is 18.9 Å². The monoisotopic (exact) mass is 524 g/mol. The van der Waals surface area contributed by atoms with E-state index in [1.807, 2.05) is 0 Å². The molecule has 7 N–H and O–H groups in total. The van der Waals surface area contributed by atoms with Crippen LogP contribution < -0.4 is 4.74 Å². The number of ketones is 1. The summed E-state index contributed by atoms with van der Waals surface area (Å²) < 4.78 is 22.3. The Kier molecular flexibility index (Phi) is 8.04. The maximum atomic E-state index is 12.1. The normalized spacial score (nSPS) is 36.5. The molecule has 0 unspecified atom stereocenters. The van der Waals surface area contributed by atoms with Crippen molar-refractivity contribution in [1.29, 1.82) is 0 Å². The van der Waals surface area contributed by atoms with Crippen LogP contribution in [0.5, 0.6) is 11.5 Å². The van der Waals surface area contributed by atoms with Gasteiger partial charge in [-0.05, 0) is 37.8 Å². The highest BCUT2D eigenvalue weighted by Gasteiger charge is 2.47. The van der Waals surface area contributed by atoms with Crippen molar-refractivity contribution in [3.8, 4) is 11.5 Å². The Morgan fingerprint density at radius 2 is 1.57 bits per heavy atom. The SMILES string of the molecule is CC(=O)c1c(C)cc2cccc(O[C@@H]3O[C@H](CO[C@@H]4O[C@@H](C)[C@H](O)[C@@H](O)[C@H]4O)[C@@H](O)[C@H](O)[C@H]3O)c2c1O. The molecule has 2 aliphatic rings. The van der Waals surface area contributed by atoms with E-state index in [0.717, 1.165) is 0 Å². The van der Waals surface area contributed by atoms with Crippen molar-refractivity contribution < 1.29 is 59.5 Å². The average molecular weight is 525 g/mol. The Morgan fingerprint density at radius 1 is 0.919 bits per heavy atom. The Balaban J connectivity index is 1.55. The minimum absolute atomic E-state index is 0.0572. The van der Waals surface area contributed by atoms with Crippen molar-refractivity contribution in [2.75, 3.05) is 6.61 Å². The van der Waals surface area contributed by atoms with Gasteiger partial charge in [-0.15, -0.1) is 0 Å². The van der Waals surface area contributed by atoms with Crippen molar-refractivity contribution in [2.45, 2.75) is 82.2 Å². The molecule has 12 nitrogen and oxygen atoms in total. The minimum atomic E-state index is -1.71. The number of Topliss-reactive ketones (excluding diaryl/α,β-unsaturated/α-hetero) is 1. The second kappa shape index (κ2) is 10.8. The molecule has 2 fully saturated rings. The van der Waals surface area contributed by atoms with Gasteiger partial charge in [0.15, 0.2) is 12.1 Å². The van der Waals surface area contributed by atoms with Crippen LogP contribution in [-0.4, -0.2) is 110 Å². The highest BCUT2D eigenvalue weighted by Crippen LogP contribution is 2.39. The quantitative estimate of drug-likeness (QED) is 0.230. The number of fused-ring (bicyclic) bond motifs is 1. The molecular weight excluding hydrogens is 492 g/mol. The van der Waals surface area contributed by atoms with Crippen LogP contribution >= 0.6 is 0 Å². The first-order chi connectivity index (χ1) is 17.4. The summed E-state index contributed by atoms with van der Waals surface area (Å²) in [5.74, 6) is -0.598. The van der Waals surface area contributed by atoms with Gasteiger partial charge in [-0.3, -0.25) is 4.79 Å². The number of hydrogen-bond acceptors (Lipinski definition) is 12. The number of aliphatic hydroxyl groups is 6. The topological polar surface area (TPSA) is 196 Å². The third-order valence-corrected chi connectivity index (χ3v) is 6.80. The number of carbonyl (C=O) groups is 1. The van der Waals surface area contributed by atoms with E-state index >= 15 is 0 Å². The molecule has 2 aromatic carbocycles. The molecular formula is C25H32O12. The van der Waals surface area contributed by atoms with Gasteiger partial charge in [-0.1, -0.05) is 18.2 Å². The van der Waals surface area contributed by atoms with Crippen LogP contribution in [0.25, 0.3) is 10.8 Å². The molecule has 37 heavy (non-hydrogen) atoms. The number of aliphatic hydroxyl groups excluding tert-OH is 6. The lowest BCUT2D eigenvalue weighted by atomic mass is 9.97. The van der Waals surface area contributed by atoms with E-state index in [1.54, 1.807) is 25.1 Å². The van der Waals surface area contributed by atoms with E-state index in [0.29, 0.717) is 10.9 Å². The summed E-state index contributed by atoms with van der Waals surface area (Å²) in [4.78, 5) is 12.1. The summed E-state index contributed by atoms with van der Waals surface area (Å²) >= 11 is 0. The summed E-state index contributed by atoms with van der Waals surface area (Å²) in [6.45, 7) is 4.04. The fraction of sp³-hybridized carbons (Fsp3) is 0.560. The van der Waals surface area contributed by atoms with Gasteiger partial charge >= 0.3 is 0 Å². The fourth-order valence-electron chi connectivity index (χ4n) is 4.70. The number of phenolic OH excluding ortho intramolecular Hbond substituents is 1. The zero-order chi connectivity index (χ0) is 27.2. The van der Waals surface area contributed by atoms with E-state index in [9.17, 15) is 40.5 Å². The fourth-order valence-corrected chi connectivity index (χ4v) is 4.70. The highest BCUT2D eigenvalue weighted by molar-refractivity contribution is 6.06. The van der Waals surface area contributed by atoms with Crippen LogP contribution in [0.15, 0.2) is 24.3 Å². The van der Waals surface area contributed by atoms with Gasteiger partial charge in [0, 0.05) is 0 Å². The summed E-state index contributed by atoms with van der Waals surface area (Å²) in [5, 5.41) is 72.9. The molecule has 0 aliphatic carbocycles. The van der Waals surface area contributed by atoms with Gasteiger partial charge in [0.2, 0.25) is 6.29 Å². The summed E-state index contributed by atoms with van der Waals surface area (Å²) in [5.41, 5.74) is 0.682. The predicted molar refractivity (Wildman–Crippen MR) is 126 cm³/mol. The molecule has 10 atom stereocenters. The number of phenols is 1. The number of carbonyl (C=O) groups excluding carboxylic acids is 1. The molecule has 2 heterocycles. The van der Waals surface area contributed by atoms with E-state index in [2.05, 4.69) is 0 Å². The summed E-state index contributed by atoms with van der Waals surface area (Å²) in [6.07, 6.45) is -14.5. The molecule has 204 valence electrons. The lowest BCUT2D eigenvalue weighted by molar-refractivity contribution is -0.318. The van der Waals surface area contributed by atoms with Crippen LogP contribution in [0.1, 0.15) is 29.8 Å². The number of rotatable bonds is 6. The Hall–Kier alpha value is -2.39. The molecule has 2 aliphatic heterocycles. The first-order valence-electron chi connectivity index (χ1n) is 11.9. The van der Waals surface area contributed by atoms with Gasteiger partial charge in [0.25, 0.3) is 0 Å². The van der Waals surface area contributed by atoms with Gasteiger partial charge in [-0.25, -0.2) is 0 Å². The molecule has 2 saturated heterocycles. The second-order valence-electron chi connectivity index (χ2n) is 9.47. The van der Waals surface area contributed by atoms with Gasteiger partial charge in [-0.2, -0.15) is 0 Å². The lowest BCUT2D eigenvalue weighted by Gasteiger charge is -2.42. The van der Waals surface area contributed by atoms with Gasteiger partial charge in [0.05, 0.1) is 23.7 Å². The van der Waals surface area contributed by atoms with Crippen molar-refractivity contribution >= 4 is 16.6 Å². The maximum Gasteiger partial charge on any atom is 0.229 e. The number of hydrogen-bond donors (Lipinski definition) is 7. The lowest BCUT2D eigenvalue weighted by Crippen LogP contribution is -2.61. The molecule has 0 radical (unpaired) electrons. The van der Waals surface area contributed by atoms with Crippen LogP contribution in [0.2, 0.25) is 0 Å². The van der Waals surface area contributed by atoms with Crippen molar-refractivity contribution in [1.82, 2.24) is 0 Å². The Labute approximate surface area is 212 Å². The summed E-state index contributed by atoms with van der Waals surface area (Å²) in [7, 11) is 0. The van der Waals surface area contributed by atoms with E-state index in [-0.39, 0.29) is 28.2 Å². The van der Waals surface area contributed by atoms with E-state index < -0.39 is 68.0 Å². The standard InChI is InChI=1S/C25H32O12/c1-9-7-12-5-4-6-13(16(12)19(29)15(9)10(2)26)36-25-23(33)21(31)18(28)14(37-25)8-34-24-22(32)20(30)17(27)11(3)35-24/h4-7,11,14,17-18,20-25,27-33H,8H2,1-3H3/t11-,14+,17-,18+,20+,21-,22+,23+,24+,25+/m0/s1. The number of aryl methyl sites for hydroxylation is 1. The summed E-state index contributed by atoms with van der Waals surface area (Å²) in [6, 6.07) is 6.52.